The molecule has 0 amide bonds. The van der Waals surface area contributed by atoms with Crippen molar-refractivity contribution in [3.05, 3.63) is 29.3 Å². The lowest BCUT2D eigenvalue weighted by Crippen LogP contribution is -2.02. The average molecular weight is 204 g/mol. The zero-order chi connectivity index (χ0) is 13.4. The highest BCUT2D eigenvalue weighted by Gasteiger charge is 2.13. The summed E-state index contributed by atoms with van der Waals surface area (Å²) in [5.74, 6) is 0. The normalized spacial score (nSPS) is 15.8. The molecular weight excluding hydrogens is 188 g/mol. The second-order valence-electron chi connectivity index (χ2n) is 2.62. The molecule has 0 atom stereocenters. The third-order valence-corrected chi connectivity index (χ3v) is 2.43. The summed E-state index contributed by atoms with van der Waals surface area (Å²) in [6.45, 7) is 3.12. The molecule has 1 aromatic rings. The van der Waals surface area contributed by atoms with Crippen LogP contribution in [0.25, 0.3) is 1.43 Å². The van der Waals surface area contributed by atoms with Gasteiger partial charge in [0.2, 0.25) is 1.43 Å². The summed E-state index contributed by atoms with van der Waals surface area (Å²) >= 11 is 0. The van der Waals surface area contributed by atoms with Crippen LogP contribution in [0.4, 0.5) is 0 Å². The Morgan fingerprint density at radius 3 is 2.85 bits per heavy atom. The summed E-state index contributed by atoms with van der Waals surface area (Å²) in [5.41, 5.74) is 0.353. The Labute approximate surface area is 83.9 Å². The summed E-state index contributed by atoms with van der Waals surface area (Å²) in [4.78, 5) is -0.546. The van der Waals surface area contributed by atoms with E-state index >= 15 is 0 Å². The van der Waals surface area contributed by atoms with Crippen LogP contribution in [-0.2, 0) is 16.5 Å². The third kappa shape index (κ3) is 2.29. The van der Waals surface area contributed by atoms with Crippen LogP contribution in [-0.4, -0.2) is 13.0 Å². The second kappa shape index (κ2) is 3.47. The van der Waals surface area contributed by atoms with Crippen LogP contribution in [0.15, 0.2) is 23.0 Å². The maximum Gasteiger partial charge on any atom is 0.294 e. The number of rotatable bonds is 3. The molecule has 0 bridgehead atoms. The molecule has 0 spiro atoms. The summed E-state index contributed by atoms with van der Waals surface area (Å²) in [6, 6.07) is -0.949. The minimum Gasteiger partial charge on any atom is -0.282 e. The Kier molecular flexibility index (Phi) is 1.54. The lowest BCUT2D eigenvalue weighted by Gasteiger charge is -2.05. The van der Waals surface area contributed by atoms with Crippen molar-refractivity contribution < 1.29 is 17.1 Å². The van der Waals surface area contributed by atoms with Crippen LogP contribution in [0.5, 0.6) is 0 Å². The SMILES string of the molecule is [2H]OS(=O)(=O)c1c([2H])c([2H])c(C)c([2H])c1CC. The third-order valence-electron chi connectivity index (χ3n) is 1.58. The largest absolute Gasteiger partial charge is 0.294 e. The van der Waals surface area contributed by atoms with Crippen molar-refractivity contribution in [2.75, 3.05) is 0 Å². The lowest BCUT2D eigenvalue weighted by molar-refractivity contribution is 0.482. The van der Waals surface area contributed by atoms with Crippen molar-refractivity contribution >= 4 is 10.1 Å². The van der Waals surface area contributed by atoms with Gasteiger partial charge in [-0.05, 0) is 25.0 Å². The van der Waals surface area contributed by atoms with E-state index < -0.39 is 21.1 Å². The predicted molar refractivity (Wildman–Crippen MR) is 50.4 cm³/mol. The fraction of sp³-hybridized carbons (Fsp3) is 0.333. The first-order valence-electron chi connectivity index (χ1n) is 5.67. The van der Waals surface area contributed by atoms with Gasteiger partial charge in [-0.15, -0.1) is 0 Å². The summed E-state index contributed by atoms with van der Waals surface area (Å²) in [6.07, 6.45) is 0.212. The van der Waals surface area contributed by atoms with Gasteiger partial charge in [0.1, 0.15) is 0 Å². The van der Waals surface area contributed by atoms with Crippen molar-refractivity contribution in [2.24, 2.45) is 0 Å². The summed E-state index contributed by atoms with van der Waals surface area (Å²) in [5, 5.41) is 0. The molecule has 0 aromatic heterocycles. The van der Waals surface area contributed by atoms with Gasteiger partial charge in [-0.3, -0.25) is 4.56 Å². The maximum absolute atomic E-state index is 11.5. The zero-order valence-electron chi connectivity index (χ0n) is 11.3. The van der Waals surface area contributed by atoms with Gasteiger partial charge < -0.3 is 0 Å². The van der Waals surface area contributed by atoms with E-state index in [0.717, 1.165) is 0 Å². The zero-order valence-corrected chi connectivity index (χ0v) is 8.16. The van der Waals surface area contributed by atoms with Gasteiger partial charge in [0.25, 0.3) is 10.1 Å². The Hall–Kier alpha value is -0.870. The first kappa shape index (κ1) is 5.78. The average Bonchev–Trinajstić information content (AvgIpc) is 2.30. The van der Waals surface area contributed by atoms with Crippen molar-refractivity contribution in [1.29, 1.82) is 1.43 Å². The second-order valence-corrected chi connectivity index (χ2v) is 3.93. The molecule has 0 heterocycles. The van der Waals surface area contributed by atoms with E-state index in [1.54, 1.807) is 6.92 Å². The highest BCUT2D eigenvalue weighted by molar-refractivity contribution is 7.85. The number of benzene rings is 1. The van der Waals surface area contributed by atoms with Crippen molar-refractivity contribution in [3.8, 4) is 0 Å². The topological polar surface area (TPSA) is 54.4 Å². The van der Waals surface area contributed by atoms with Crippen molar-refractivity contribution in [1.82, 2.24) is 0 Å². The standard InChI is InChI=1S/C9H12O3S/c1-3-8-6-7(2)4-5-9(8)13(10,11)12/h4-6H,3H2,1-2H3,(H,10,11,12)/i4D,5D,6D/hD. The Morgan fingerprint density at radius 1 is 1.62 bits per heavy atom. The minimum atomic E-state index is -4.39. The molecular formula is C9H12O3S. The van der Waals surface area contributed by atoms with Crippen LogP contribution in [0, 0.1) is 6.92 Å². The molecule has 4 heteroatoms. The number of hydrogen-bond donors (Lipinski definition) is 1. The summed E-state index contributed by atoms with van der Waals surface area (Å²) < 4.78 is 56.1. The van der Waals surface area contributed by atoms with E-state index in [1.165, 1.54) is 6.92 Å². The molecule has 1 N–H and O–H groups in total. The molecule has 72 valence electrons. The van der Waals surface area contributed by atoms with Gasteiger partial charge in [0.15, 0.2) is 0 Å². The van der Waals surface area contributed by atoms with E-state index in [2.05, 4.69) is 4.56 Å². The molecule has 0 unspecified atom stereocenters. The molecule has 0 aliphatic rings. The molecule has 0 saturated carbocycles. The van der Waals surface area contributed by atoms with E-state index in [4.69, 9.17) is 5.54 Å². The Bertz CT molecular complexity index is 554. The van der Waals surface area contributed by atoms with Gasteiger partial charge >= 0.3 is 0 Å². The highest BCUT2D eigenvalue weighted by Crippen LogP contribution is 2.17. The first-order valence-corrected chi connectivity index (χ1v) is 5.17. The molecule has 0 fully saturated rings. The molecule has 0 saturated heterocycles. The summed E-state index contributed by atoms with van der Waals surface area (Å²) in [7, 11) is -4.39. The maximum atomic E-state index is 11.5. The van der Waals surface area contributed by atoms with E-state index in [9.17, 15) is 8.42 Å². The van der Waals surface area contributed by atoms with Crippen LogP contribution < -0.4 is 0 Å². The highest BCUT2D eigenvalue weighted by atomic mass is 32.2. The smallest absolute Gasteiger partial charge is 0.282 e. The number of hydrogen-bond acceptors (Lipinski definition) is 3. The van der Waals surface area contributed by atoms with Crippen LogP contribution >= 0.6 is 0 Å². The fourth-order valence-electron chi connectivity index (χ4n) is 1.00. The van der Waals surface area contributed by atoms with Gasteiger partial charge in [-0.2, -0.15) is 8.42 Å². The van der Waals surface area contributed by atoms with E-state index in [0.29, 0.717) is 0 Å². The van der Waals surface area contributed by atoms with Crippen LogP contribution in [0.2, 0.25) is 0 Å². The Morgan fingerprint density at radius 2 is 2.31 bits per heavy atom. The van der Waals surface area contributed by atoms with Gasteiger partial charge in [-0.1, -0.05) is 24.6 Å². The van der Waals surface area contributed by atoms with Crippen molar-refractivity contribution in [3.63, 3.8) is 0 Å². The van der Waals surface area contributed by atoms with Gasteiger partial charge in [0.05, 0.1) is 9.01 Å². The molecule has 0 radical (unpaired) electrons. The fourth-order valence-corrected chi connectivity index (χ4v) is 1.68. The van der Waals surface area contributed by atoms with Gasteiger partial charge in [-0.25, -0.2) is 0 Å². The predicted octanol–water partition coefficient (Wildman–Crippen LogP) is 1.80. The van der Waals surface area contributed by atoms with Gasteiger partial charge in [0, 0.05) is 0 Å². The van der Waals surface area contributed by atoms with Crippen LogP contribution in [0.3, 0.4) is 0 Å². The van der Waals surface area contributed by atoms with Crippen molar-refractivity contribution in [2.45, 2.75) is 25.2 Å². The Balaban J connectivity index is 3.83. The molecule has 1 rings (SSSR count). The van der Waals surface area contributed by atoms with E-state index in [1.807, 2.05) is 0 Å². The molecule has 13 heavy (non-hydrogen) atoms. The van der Waals surface area contributed by atoms with Crippen LogP contribution in [0.1, 0.15) is 22.2 Å². The monoisotopic (exact) mass is 204 g/mol. The molecule has 0 aliphatic carbocycles. The van der Waals surface area contributed by atoms with E-state index in [-0.39, 0.29) is 29.6 Å². The lowest BCUT2D eigenvalue weighted by atomic mass is 10.1. The molecule has 3 nitrogen and oxygen atoms in total. The molecule has 0 aliphatic heterocycles. The quantitative estimate of drug-likeness (QED) is 0.764. The molecule has 1 aromatic carbocycles. The first-order chi connectivity index (χ1) is 7.77. The minimum absolute atomic E-state index is 0.0934.